The third kappa shape index (κ3) is 9.43. The van der Waals surface area contributed by atoms with Gasteiger partial charge in [-0.25, -0.2) is 0 Å². The average Bonchev–Trinajstić information content (AvgIpc) is 3.72. The molecule has 6 saturated carbocycles. The van der Waals surface area contributed by atoms with E-state index in [0.717, 1.165) is 28.3 Å². The van der Waals surface area contributed by atoms with Gasteiger partial charge in [-0.3, -0.25) is 0 Å². The Kier molecular flexibility index (Phi) is 15.6. The van der Waals surface area contributed by atoms with E-state index < -0.39 is 0 Å². The van der Waals surface area contributed by atoms with Crippen LogP contribution >= 0.6 is 15.8 Å². The van der Waals surface area contributed by atoms with Crippen molar-refractivity contribution in [3.63, 3.8) is 0 Å². The molecule has 0 amide bonds. The van der Waals surface area contributed by atoms with Crippen LogP contribution in [0.4, 0.5) is 0 Å². The van der Waals surface area contributed by atoms with Gasteiger partial charge in [0.15, 0.2) is 0 Å². The van der Waals surface area contributed by atoms with Crippen molar-refractivity contribution in [2.24, 2.45) is 0 Å². The molecule has 6 aliphatic carbocycles. The van der Waals surface area contributed by atoms with Gasteiger partial charge in [-0.15, -0.1) is 0 Å². The van der Waals surface area contributed by atoms with Gasteiger partial charge in [-0.05, 0) is 137 Å². The molecule has 0 spiro atoms. The van der Waals surface area contributed by atoms with E-state index in [2.05, 4.69) is 26.2 Å². The van der Waals surface area contributed by atoms with Crippen molar-refractivity contribution in [2.75, 3.05) is 0 Å². The number of rotatable bonds is 7. The van der Waals surface area contributed by atoms with Crippen LogP contribution in [0.2, 0.25) is 0 Å². The van der Waals surface area contributed by atoms with E-state index in [0.29, 0.717) is 0 Å². The third-order valence-electron chi connectivity index (χ3n) is 10.5. The van der Waals surface area contributed by atoms with Crippen LogP contribution in [-0.2, 0) is 17.1 Å². The second-order valence-electron chi connectivity index (χ2n) is 13.0. The van der Waals surface area contributed by atoms with Gasteiger partial charge in [0.05, 0.1) is 0 Å². The number of hydrogen-bond acceptors (Lipinski definition) is 0. The Morgan fingerprint density at radius 1 is 0.487 bits per heavy atom. The summed E-state index contributed by atoms with van der Waals surface area (Å²) in [5.41, 5.74) is 7.01. The molecule has 0 aromatic heterocycles. The van der Waals surface area contributed by atoms with Crippen molar-refractivity contribution in [1.29, 1.82) is 0 Å². The van der Waals surface area contributed by atoms with Crippen molar-refractivity contribution >= 4 is 15.8 Å². The predicted octanol–water partition coefficient (Wildman–Crippen LogP) is 11.4. The molecule has 6 rings (SSSR count). The van der Waals surface area contributed by atoms with E-state index in [1.807, 2.05) is 43.7 Å². The molecule has 0 nitrogen and oxygen atoms in total. The molecular formula is C36H56FeP2+2. The Bertz CT molecular complexity index is 582. The minimum absolute atomic E-state index is 0. The minimum Gasteiger partial charge on any atom is -0.0968 e. The molecule has 3 heteroatoms. The predicted molar refractivity (Wildman–Crippen MR) is 172 cm³/mol. The largest absolute Gasteiger partial charge is 2.00 e. The molecule has 0 aromatic carbocycles. The molecule has 6 fully saturated rings. The van der Waals surface area contributed by atoms with Crippen LogP contribution in [0.5, 0.6) is 0 Å². The summed E-state index contributed by atoms with van der Waals surface area (Å²) in [6.45, 7) is 2.73. The van der Waals surface area contributed by atoms with E-state index >= 15 is 0 Å². The van der Waals surface area contributed by atoms with E-state index in [9.17, 15) is 0 Å². The zero-order valence-corrected chi connectivity index (χ0v) is 27.8. The molecule has 0 heterocycles. The van der Waals surface area contributed by atoms with Crippen LogP contribution < -0.4 is 0 Å². The topological polar surface area (TPSA) is 0 Å². The zero-order valence-electron chi connectivity index (χ0n) is 24.9. The smallest absolute Gasteiger partial charge is 0.0968 e. The SMILES string of the molecule is C[C@H]([C]1[CH][CH][CH][C]1P(C1CCCCC1)C1CCCCC1)P(C1CCCCC1)C1CCCCC1.[CH]1[CH][CH][CH][CH]1.[Fe+2]. The summed E-state index contributed by atoms with van der Waals surface area (Å²) in [5.74, 6) is 1.87. The number of hydrogen-bond donors (Lipinski definition) is 0. The maximum Gasteiger partial charge on any atom is 2.00 e. The van der Waals surface area contributed by atoms with Crippen LogP contribution in [0.25, 0.3) is 0 Å². The van der Waals surface area contributed by atoms with Gasteiger partial charge in [0.2, 0.25) is 0 Å². The van der Waals surface area contributed by atoms with Crippen LogP contribution in [0.15, 0.2) is 0 Å². The minimum atomic E-state index is 0. The van der Waals surface area contributed by atoms with Gasteiger partial charge in [-0.2, -0.15) is 0 Å². The second-order valence-corrected chi connectivity index (χ2v) is 18.9. The first-order valence-corrected chi connectivity index (χ1v) is 19.8. The fourth-order valence-corrected chi connectivity index (χ4v) is 17.1. The summed E-state index contributed by atoms with van der Waals surface area (Å²) in [4.78, 5) is 0. The first-order chi connectivity index (χ1) is 18.8. The van der Waals surface area contributed by atoms with Crippen LogP contribution in [0.1, 0.15) is 135 Å². The molecule has 39 heavy (non-hydrogen) atoms. The van der Waals surface area contributed by atoms with Gasteiger partial charge in [0, 0.05) is 5.66 Å². The molecule has 0 aromatic rings. The Morgan fingerprint density at radius 3 is 1.23 bits per heavy atom. The Labute approximate surface area is 258 Å². The van der Waals surface area contributed by atoms with Gasteiger partial charge >= 0.3 is 17.1 Å². The molecule has 0 unspecified atom stereocenters. The van der Waals surface area contributed by atoms with Crippen molar-refractivity contribution in [3.05, 3.63) is 62.9 Å². The van der Waals surface area contributed by atoms with Crippen LogP contribution in [0, 0.1) is 62.9 Å². The zero-order chi connectivity index (χ0) is 26.0. The van der Waals surface area contributed by atoms with Crippen LogP contribution in [0.3, 0.4) is 0 Å². The molecule has 0 saturated heterocycles. The standard InChI is InChI=1S/C31H51P2.C5H5.Fe/c1-25(32(26-15-6-2-7-16-26)27-17-8-3-9-18-27)30-23-14-24-31(30)33(28-19-10-4-11-20-28)29-21-12-5-13-22-29;1-2-4-5-3-1;/h14,23-29H,2-13,15-22H2,1H3;1-5H;/q;;+2/t25-;;/m1../s1. The van der Waals surface area contributed by atoms with Crippen molar-refractivity contribution in [2.45, 2.75) is 164 Å². The molecular weight excluding hydrogens is 550 g/mol. The maximum absolute atomic E-state index is 2.73. The molecule has 0 N–H and O–H groups in total. The quantitative estimate of drug-likeness (QED) is 0.200. The summed E-state index contributed by atoms with van der Waals surface area (Å²) in [6, 6.07) is 0. The van der Waals surface area contributed by atoms with E-state index in [4.69, 9.17) is 0 Å². The first-order valence-electron chi connectivity index (χ1n) is 16.8. The fraction of sp³-hybridized carbons (Fsp3) is 0.722. The summed E-state index contributed by atoms with van der Waals surface area (Å²) < 4.78 is 0. The Morgan fingerprint density at radius 2 is 0.846 bits per heavy atom. The van der Waals surface area contributed by atoms with Crippen molar-refractivity contribution in [1.82, 2.24) is 0 Å². The Balaban J connectivity index is 0.000000530. The van der Waals surface area contributed by atoms with Crippen LogP contribution in [-0.4, -0.2) is 28.3 Å². The normalized spacial score (nSPS) is 28.4. The summed E-state index contributed by atoms with van der Waals surface area (Å²) >= 11 is 0. The molecule has 216 valence electrons. The summed E-state index contributed by atoms with van der Waals surface area (Å²) in [6.07, 6.45) is 48.4. The van der Waals surface area contributed by atoms with Gasteiger partial charge in [0.1, 0.15) is 0 Å². The molecule has 1 atom stereocenters. The molecule has 10 radical (unpaired) electrons. The van der Waals surface area contributed by atoms with E-state index in [1.54, 1.807) is 51.4 Å². The monoisotopic (exact) mass is 606 g/mol. The van der Waals surface area contributed by atoms with Gasteiger partial charge in [-0.1, -0.05) is 99.8 Å². The van der Waals surface area contributed by atoms with Gasteiger partial charge < -0.3 is 0 Å². The van der Waals surface area contributed by atoms with E-state index in [-0.39, 0.29) is 32.9 Å². The van der Waals surface area contributed by atoms with E-state index in [1.165, 1.54) is 77.0 Å². The average molecular weight is 607 g/mol. The summed E-state index contributed by atoms with van der Waals surface area (Å²) in [7, 11) is 0.168. The Hall–Kier alpha value is 1.38. The first kappa shape index (κ1) is 33.3. The maximum atomic E-state index is 2.73. The third-order valence-corrected chi connectivity index (χ3v) is 17.9. The van der Waals surface area contributed by atoms with Gasteiger partial charge in [0.25, 0.3) is 0 Å². The summed E-state index contributed by atoms with van der Waals surface area (Å²) in [5, 5.41) is 0. The molecule has 0 aliphatic heterocycles. The fourth-order valence-electron chi connectivity index (χ4n) is 8.59. The molecule has 0 bridgehead atoms. The molecule has 6 aliphatic rings. The van der Waals surface area contributed by atoms with Crippen molar-refractivity contribution in [3.8, 4) is 0 Å². The second kappa shape index (κ2) is 18.2. The van der Waals surface area contributed by atoms with Crippen molar-refractivity contribution < 1.29 is 17.1 Å².